The van der Waals surface area contributed by atoms with Gasteiger partial charge >= 0.3 is 17.9 Å². The van der Waals surface area contributed by atoms with Crippen molar-refractivity contribution in [3.8, 4) is 17.2 Å². The van der Waals surface area contributed by atoms with Gasteiger partial charge in [-0.1, -0.05) is 91.0 Å². The lowest BCUT2D eigenvalue weighted by Crippen LogP contribution is -2.33. The fourth-order valence-electron chi connectivity index (χ4n) is 9.23. The number of carbonyl (C=O) groups is 6. The predicted molar refractivity (Wildman–Crippen MR) is 344 cm³/mol. The van der Waals surface area contributed by atoms with E-state index in [2.05, 4.69) is 0 Å². The van der Waals surface area contributed by atoms with Crippen LogP contribution in [0.15, 0.2) is 164 Å². The molecule has 6 aromatic carbocycles. The molecule has 0 saturated heterocycles. The molecule has 6 rings (SSSR count). The zero-order valence-electron chi connectivity index (χ0n) is 53.0. The Morgan fingerprint density at radius 3 is 0.889 bits per heavy atom. The van der Waals surface area contributed by atoms with Crippen LogP contribution in [0.1, 0.15) is 107 Å². The van der Waals surface area contributed by atoms with E-state index in [1.807, 2.05) is 90.4 Å². The van der Waals surface area contributed by atoms with E-state index in [4.69, 9.17) is 42.6 Å². The largest absolute Gasteiger partial charge is 0.494 e. The SMILES string of the molecule is CC(COCC(COCC(C)OC(=O)CCN(C)CCCOc1ccc(C(=O)c2ccccc2)cc1)OCC(C)OC(=O)CCN(C)CCCOc1ccc(C(=O)c2ccccc2)cc1)OC(=O)CCN(C)CCCOc1ccc(C(=O)c2ccccc2)cc1. The lowest BCUT2D eigenvalue weighted by molar-refractivity contribution is -0.159. The van der Waals surface area contributed by atoms with Gasteiger partial charge in [-0.25, -0.2) is 0 Å². The number of carbonyl (C=O) groups excluding carboxylic acids is 6. The van der Waals surface area contributed by atoms with E-state index >= 15 is 0 Å². The van der Waals surface area contributed by atoms with Crippen LogP contribution < -0.4 is 14.2 Å². The van der Waals surface area contributed by atoms with Gasteiger partial charge in [0, 0.05) is 72.6 Å². The molecule has 3 atom stereocenters. The maximum absolute atomic E-state index is 12.9. The van der Waals surface area contributed by atoms with Crippen molar-refractivity contribution >= 4 is 35.3 Å². The summed E-state index contributed by atoms with van der Waals surface area (Å²) < 4.78 is 52.9. The number of nitrogens with zero attached hydrogens (tertiary/aromatic N) is 3. The van der Waals surface area contributed by atoms with E-state index in [9.17, 15) is 28.8 Å². The molecule has 0 aliphatic carbocycles. The van der Waals surface area contributed by atoms with Gasteiger partial charge in [-0.2, -0.15) is 0 Å². The van der Waals surface area contributed by atoms with Gasteiger partial charge in [-0.15, -0.1) is 0 Å². The lowest BCUT2D eigenvalue weighted by atomic mass is 10.0. The molecule has 0 heterocycles. The van der Waals surface area contributed by atoms with E-state index in [1.165, 1.54) is 0 Å². The summed E-state index contributed by atoms with van der Waals surface area (Å²) in [5.74, 6) is 0.796. The number of hydrogen-bond acceptors (Lipinski definition) is 18. The van der Waals surface area contributed by atoms with Gasteiger partial charge in [0.15, 0.2) is 17.3 Å². The smallest absolute Gasteiger partial charge is 0.307 e. The van der Waals surface area contributed by atoms with Crippen molar-refractivity contribution in [3.05, 3.63) is 197 Å². The van der Waals surface area contributed by atoms with Gasteiger partial charge in [0.1, 0.15) is 41.7 Å². The van der Waals surface area contributed by atoms with E-state index < -0.39 is 24.4 Å². The number of hydrogen-bond donors (Lipinski definition) is 0. The summed E-state index contributed by atoms with van der Waals surface area (Å²) in [4.78, 5) is 83.0. The average molecular weight is 1240 g/mol. The van der Waals surface area contributed by atoms with Crippen LogP contribution in [0.4, 0.5) is 0 Å². The van der Waals surface area contributed by atoms with Crippen molar-refractivity contribution in [2.75, 3.05) is 113 Å². The van der Waals surface area contributed by atoms with Crippen molar-refractivity contribution in [2.24, 2.45) is 0 Å². The number of ketones is 3. The minimum Gasteiger partial charge on any atom is -0.494 e. The Labute approximate surface area is 530 Å². The Hall–Kier alpha value is -8.10. The van der Waals surface area contributed by atoms with E-state index in [0.29, 0.717) is 110 Å². The summed E-state index contributed by atoms with van der Waals surface area (Å²) in [6, 6.07) is 48.7. The molecular weight excluding hydrogens is 1150 g/mol. The predicted octanol–water partition coefficient (Wildman–Crippen LogP) is 10.3. The summed E-state index contributed by atoms with van der Waals surface area (Å²) in [6.07, 6.45) is 0.419. The van der Waals surface area contributed by atoms with Crippen LogP contribution >= 0.6 is 0 Å². The number of ether oxygens (including phenoxy) is 9. The third kappa shape index (κ3) is 27.3. The normalized spacial score (nSPS) is 12.6. The lowest BCUT2D eigenvalue weighted by Gasteiger charge is -2.23. The van der Waals surface area contributed by atoms with Crippen LogP contribution in [0, 0.1) is 0 Å². The minimum absolute atomic E-state index is 0.0444. The molecule has 0 amide bonds. The van der Waals surface area contributed by atoms with Gasteiger partial charge in [0.2, 0.25) is 0 Å². The molecule has 18 nitrogen and oxygen atoms in total. The van der Waals surface area contributed by atoms with E-state index in [-0.39, 0.29) is 87.6 Å². The molecule has 6 aromatic rings. The molecule has 482 valence electrons. The number of rotatable bonds is 44. The third-order valence-electron chi connectivity index (χ3n) is 14.3. The molecule has 0 fully saturated rings. The first kappa shape index (κ1) is 71.0. The first-order valence-electron chi connectivity index (χ1n) is 31.0. The standard InChI is InChI=1S/C72H89N3O15/c1-54(88-67(76)37-43-73(4)40-16-46-84-63-31-25-60(26-32-63)70(79)57-19-10-7-11-20-57)49-82-52-66(87-51-56(3)90-69(78)39-45-75(6)42-18-48-86-65-35-29-62(30-36-65)72(81)59-23-14-9-15-24-59)53-83-50-55(2)89-68(77)38-44-74(5)41-17-47-85-64-33-27-61(28-34-64)71(80)58-21-12-8-13-22-58/h7-15,19-36,54-56,66H,16-18,37-53H2,1-6H3. The van der Waals surface area contributed by atoms with Gasteiger partial charge in [0.05, 0.1) is 72.1 Å². The highest BCUT2D eigenvalue weighted by molar-refractivity contribution is 6.10. The van der Waals surface area contributed by atoms with Crippen LogP contribution in [-0.2, 0) is 42.8 Å². The van der Waals surface area contributed by atoms with Crippen molar-refractivity contribution in [1.29, 1.82) is 0 Å². The molecule has 0 aromatic heterocycles. The second-order valence-electron chi connectivity index (χ2n) is 22.4. The van der Waals surface area contributed by atoms with Gasteiger partial charge in [-0.05, 0) is 134 Å². The maximum Gasteiger partial charge on any atom is 0.307 e. The second kappa shape index (κ2) is 39.8. The molecule has 0 aliphatic rings. The molecule has 0 spiro atoms. The average Bonchev–Trinajstić information content (AvgIpc) is 2.88. The van der Waals surface area contributed by atoms with Crippen molar-refractivity contribution in [3.63, 3.8) is 0 Å². The summed E-state index contributed by atoms with van der Waals surface area (Å²) >= 11 is 0. The second-order valence-corrected chi connectivity index (χ2v) is 22.4. The Bertz CT molecular complexity index is 2920. The van der Waals surface area contributed by atoms with Crippen LogP contribution in [0.5, 0.6) is 17.2 Å². The molecule has 18 heteroatoms. The Kier molecular flexibility index (Phi) is 31.4. The molecule has 3 unspecified atom stereocenters. The highest BCUT2D eigenvalue weighted by Crippen LogP contribution is 2.19. The summed E-state index contributed by atoms with van der Waals surface area (Å²) in [6.45, 7) is 10.6. The first-order chi connectivity index (χ1) is 43.6. The van der Waals surface area contributed by atoms with Crippen LogP contribution in [0.3, 0.4) is 0 Å². The zero-order valence-corrected chi connectivity index (χ0v) is 53.0. The molecule has 0 aliphatic heterocycles. The Balaban J connectivity index is 0.858. The van der Waals surface area contributed by atoms with Crippen LogP contribution in [-0.4, -0.2) is 188 Å². The Morgan fingerprint density at radius 2 is 0.600 bits per heavy atom. The molecule has 90 heavy (non-hydrogen) atoms. The highest BCUT2D eigenvalue weighted by Gasteiger charge is 2.20. The van der Waals surface area contributed by atoms with Gasteiger partial charge in [-0.3, -0.25) is 28.8 Å². The van der Waals surface area contributed by atoms with Crippen LogP contribution in [0.2, 0.25) is 0 Å². The monoisotopic (exact) mass is 1240 g/mol. The molecular formula is C72H89N3O15. The highest BCUT2D eigenvalue weighted by atomic mass is 16.6. The van der Waals surface area contributed by atoms with Crippen molar-refractivity contribution in [1.82, 2.24) is 14.7 Å². The Morgan fingerprint density at radius 1 is 0.333 bits per heavy atom. The fourth-order valence-corrected chi connectivity index (χ4v) is 9.23. The minimum atomic E-state index is -0.610. The van der Waals surface area contributed by atoms with Crippen molar-refractivity contribution in [2.45, 2.75) is 83.7 Å². The first-order valence-corrected chi connectivity index (χ1v) is 31.0. The van der Waals surface area contributed by atoms with E-state index in [1.54, 1.807) is 130 Å². The third-order valence-corrected chi connectivity index (χ3v) is 14.3. The molecule has 0 N–H and O–H groups in total. The number of benzene rings is 6. The maximum atomic E-state index is 12.9. The summed E-state index contributed by atoms with van der Waals surface area (Å²) in [7, 11) is 5.79. The van der Waals surface area contributed by atoms with Gasteiger partial charge in [0.25, 0.3) is 0 Å². The van der Waals surface area contributed by atoms with Gasteiger partial charge < -0.3 is 57.3 Å². The number of esters is 3. The molecule has 0 bridgehead atoms. The quantitative estimate of drug-likeness (QED) is 0.0151. The summed E-state index contributed by atoms with van der Waals surface area (Å²) in [5, 5.41) is 0. The topological polar surface area (TPSA) is 195 Å². The summed E-state index contributed by atoms with van der Waals surface area (Å²) in [5.41, 5.74) is 3.67. The fraction of sp³-hybridized carbons (Fsp3) is 0.417. The zero-order chi connectivity index (χ0) is 64.3. The van der Waals surface area contributed by atoms with Crippen LogP contribution in [0.25, 0.3) is 0 Å². The van der Waals surface area contributed by atoms with Crippen molar-refractivity contribution < 1.29 is 71.4 Å². The van der Waals surface area contributed by atoms with E-state index in [0.717, 1.165) is 19.3 Å². The molecule has 0 saturated carbocycles. The molecule has 0 radical (unpaired) electrons.